The second-order valence-corrected chi connectivity index (χ2v) is 3.96. The number of hydrogen-bond donors (Lipinski definition) is 1. The van der Waals surface area contributed by atoms with Gasteiger partial charge in [0.05, 0.1) is 11.0 Å². The molecule has 0 bridgehead atoms. The molecule has 0 saturated heterocycles. The van der Waals surface area contributed by atoms with E-state index >= 15 is 0 Å². The maximum Gasteiger partial charge on any atom is 0.272 e. The van der Waals surface area contributed by atoms with E-state index in [1.165, 1.54) is 12.1 Å². The fourth-order valence-corrected chi connectivity index (χ4v) is 1.56. The topological polar surface area (TPSA) is 69.2 Å². The SMILES string of the molecule is Nc1ccc(/C=C/c2ccc([N+](=O)[O-])cc2F)cc1. The Morgan fingerprint density at radius 3 is 2.37 bits per heavy atom. The lowest BCUT2D eigenvalue weighted by atomic mass is 10.1. The van der Waals surface area contributed by atoms with Crippen LogP contribution in [-0.2, 0) is 0 Å². The fraction of sp³-hybridized carbons (Fsp3) is 0. The number of nitrogens with two attached hydrogens (primary N) is 1. The average Bonchev–Trinajstić information content (AvgIpc) is 2.39. The monoisotopic (exact) mass is 258 g/mol. The van der Waals surface area contributed by atoms with Crippen molar-refractivity contribution >= 4 is 23.5 Å². The van der Waals surface area contributed by atoms with Gasteiger partial charge in [-0.1, -0.05) is 24.3 Å². The molecule has 0 fully saturated rings. The number of nitro benzene ring substituents is 1. The molecular formula is C14H11FN2O2. The van der Waals surface area contributed by atoms with Crippen LogP contribution in [0.25, 0.3) is 12.2 Å². The molecule has 19 heavy (non-hydrogen) atoms. The van der Waals surface area contributed by atoms with E-state index in [1.807, 2.05) is 0 Å². The zero-order valence-corrected chi connectivity index (χ0v) is 9.92. The molecule has 0 aliphatic rings. The Hall–Kier alpha value is -2.69. The lowest BCUT2D eigenvalue weighted by Crippen LogP contribution is -1.90. The van der Waals surface area contributed by atoms with E-state index in [-0.39, 0.29) is 5.69 Å². The van der Waals surface area contributed by atoms with Gasteiger partial charge in [-0.3, -0.25) is 10.1 Å². The maximum absolute atomic E-state index is 13.6. The third-order valence-corrected chi connectivity index (χ3v) is 2.59. The molecule has 0 atom stereocenters. The van der Waals surface area contributed by atoms with Gasteiger partial charge >= 0.3 is 0 Å². The van der Waals surface area contributed by atoms with E-state index in [1.54, 1.807) is 36.4 Å². The van der Waals surface area contributed by atoms with E-state index in [2.05, 4.69) is 0 Å². The minimum absolute atomic E-state index is 0.262. The first-order valence-electron chi connectivity index (χ1n) is 5.54. The van der Waals surface area contributed by atoms with Crippen LogP contribution in [0.2, 0.25) is 0 Å². The van der Waals surface area contributed by atoms with Gasteiger partial charge in [-0.2, -0.15) is 0 Å². The summed E-state index contributed by atoms with van der Waals surface area (Å²) in [6.07, 6.45) is 3.27. The van der Waals surface area contributed by atoms with Gasteiger partial charge in [0.2, 0.25) is 0 Å². The lowest BCUT2D eigenvalue weighted by molar-refractivity contribution is -0.385. The Bertz CT molecular complexity index is 636. The molecule has 0 saturated carbocycles. The van der Waals surface area contributed by atoms with Gasteiger partial charge in [-0.05, 0) is 23.8 Å². The van der Waals surface area contributed by atoms with Crippen LogP contribution in [0.15, 0.2) is 42.5 Å². The molecule has 0 aliphatic carbocycles. The summed E-state index contributed by atoms with van der Waals surface area (Å²) < 4.78 is 13.6. The summed E-state index contributed by atoms with van der Waals surface area (Å²) in [7, 11) is 0. The smallest absolute Gasteiger partial charge is 0.272 e. The van der Waals surface area contributed by atoms with Crippen molar-refractivity contribution in [1.82, 2.24) is 0 Å². The molecule has 96 valence electrons. The summed E-state index contributed by atoms with van der Waals surface area (Å²) in [6, 6.07) is 10.6. The molecule has 0 heterocycles. The van der Waals surface area contributed by atoms with Crippen LogP contribution in [0.1, 0.15) is 11.1 Å². The number of nitro groups is 1. The molecule has 0 radical (unpaired) electrons. The number of nitrogen functional groups attached to an aromatic ring is 1. The largest absolute Gasteiger partial charge is 0.399 e. The highest BCUT2D eigenvalue weighted by Gasteiger charge is 2.08. The van der Waals surface area contributed by atoms with Gasteiger partial charge in [0.25, 0.3) is 5.69 Å². The Balaban J connectivity index is 2.23. The van der Waals surface area contributed by atoms with Crippen molar-refractivity contribution in [1.29, 1.82) is 0 Å². The predicted molar refractivity (Wildman–Crippen MR) is 72.8 cm³/mol. The van der Waals surface area contributed by atoms with Gasteiger partial charge in [0, 0.05) is 17.3 Å². The number of hydrogen-bond acceptors (Lipinski definition) is 3. The first-order chi connectivity index (χ1) is 9.06. The summed E-state index contributed by atoms with van der Waals surface area (Å²) in [6.45, 7) is 0. The van der Waals surface area contributed by atoms with E-state index in [0.29, 0.717) is 11.3 Å². The predicted octanol–water partition coefficient (Wildman–Crippen LogP) is 3.49. The summed E-state index contributed by atoms with van der Waals surface area (Å²) in [5.41, 5.74) is 7.11. The summed E-state index contributed by atoms with van der Waals surface area (Å²) in [4.78, 5) is 9.86. The van der Waals surface area contributed by atoms with Crippen molar-refractivity contribution in [2.45, 2.75) is 0 Å². The second-order valence-electron chi connectivity index (χ2n) is 3.96. The molecule has 2 aromatic carbocycles. The lowest BCUT2D eigenvalue weighted by Gasteiger charge is -1.98. The molecule has 0 aromatic heterocycles. The molecule has 4 nitrogen and oxygen atoms in total. The number of non-ortho nitro benzene ring substituents is 1. The zero-order valence-electron chi connectivity index (χ0n) is 9.92. The average molecular weight is 258 g/mol. The van der Waals surface area contributed by atoms with Crippen LogP contribution < -0.4 is 5.73 Å². The number of benzene rings is 2. The molecular weight excluding hydrogens is 247 g/mol. The molecule has 5 heteroatoms. The van der Waals surface area contributed by atoms with Crippen molar-refractivity contribution in [3.8, 4) is 0 Å². The normalized spacial score (nSPS) is 10.8. The minimum Gasteiger partial charge on any atom is -0.399 e. The summed E-state index contributed by atoms with van der Waals surface area (Å²) in [5.74, 6) is -0.624. The highest BCUT2D eigenvalue weighted by atomic mass is 19.1. The van der Waals surface area contributed by atoms with Gasteiger partial charge in [0.15, 0.2) is 0 Å². The van der Waals surface area contributed by atoms with Crippen molar-refractivity contribution in [3.05, 3.63) is 69.5 Å². The summed E-state index contributed by atoms with van der Waals surface area (Å²) >= 11 is 0. The van der Waals surface area contributed by atoms with E-state index < -0.39 is 10.7 Å². The van der Waals surface area contributed by atoms with Gasteiger partial charge in [-0.15, -0.1) is 0 Å². The highest BCUT2D eigenvalue weighted by molar-refractivity contribution is 5.71. The molecule has 2 rings (SSSR count). The van der Waals surface area contributed by atoms with E-state index in [0.717, 1.165) is 11.6 Å². The van der Waals surface area contributed by atoms with Crippen molar-refractivity contribution < 1.29 is 9.31 Å². The van der Waals surface area contributed by atoms with Crippen LogP contribution in [0, 0.1) is 15.9 Å². The molecule has 2 N–H and O–H groups in total. The van der Waals surface area contributed by atoms with Gasteiger partial charge < -0.3 is 5.73 Å². The van der Waals surface area contributed by atoms with E-state index in [4.69, 9.17) is 5.73 Å². The Morgan fingerprint density at radius 1 is 1.11 bits per heavy atom. The van der Waals surface area contributed by atoms with Crippen molar-refractivity contribution in [2.24, 2.45) is 0 Å². The van der Waals surface area contributed by atoms with Gasteiger partial charge in [-0.25, -0.2) is 4.39 Å². The first-order valence-corrected chi connectivity index (χ1v) is 5.54. The first kappa shape index (κ1) is 12.8. The Morgan fingerprint density at radius 2 is 1.79 bits per heavy atom. The van der Waals surface area contributed by atoms with Crippen molar-refractivity contribution in [2.75, 3.05) is 5.73 Å². The maximum atomic E-state index is 13.6. The number of rotatable bonds is 3. The Kier molecular flexibility index (Phi) is 3.56. The quantitative estimate of drug-likeness (QED) is 0.396. The molecule has 0 amide bonds. The fourth-order valence-electron chi connectivity index (χ4n) is 1.56. The van der Waals surface area contributed by atoms with Crippen LogP contribution in [0.4, 0.5) is 15.8 Å². The standard InChI is InChI=1S/C14H11FN2O2/c15-14-9-13(17(18)19)8-5-11(14)4-1-10-2-6-12(16)7-3-10/h1-9H,16H2/b4-1+. The third kappa shape index (κ3) is 3.16. The van der Waals surface area contributed by atoms with Crippen LogP contribution in [-0.4, -0.2) is 4.92 Å². The molecule has 0 unspecified atom stereocenters. The van der Waals surface area contributed by atoms with Crippen LogP contribution >= 0.6 is 0 Å². The molecule has 2 aromatic rings. The number of halogens is 1. The Labute approximate surface area is 109 Å². The van der Waals surface area contributed by atoms with Crippen LogP contribution in [0.5, 0.6) is 0 Å². The summed E-state index contributed by atoms with van der Waals surface area (Å²) in [5, 5.41) is 10.5. The number of nitrogens with zero attached hydrogens (tertiary/aromatic N) is 1. The number of anilines is 1. The second kappa shape index (κ2) is 5.30. The molecule has 0 spiro atoms. The molecule has 0 aliphatic heterocycles. The highest BCUT2D eigenvalue weighted by Crippen LogP contribution is 2.18. The third-order valence-electron chi connectivity index (χ3n) is 2.59. The van der Waals surface area contributed by atoms with Crippen LogP contribution in [0.3, 0.4) is 0 Å². The van der Waals surface area contributed by atoms with Crippen molar-refractivity contribution in [3.63, 3.8) is 0 Å². The van der Waals surface area contributed by atoms with Gasteiger partial charge in [0.1, 0.15) is 5.82 Å². The zero-order chi connectivity index (χ0) is 13.8. The van der Waals surface area contributed by atoms with E-state index in [9.17, 15) is 14.5 Å². The minimum atomic E-state index is -0.628.